The zero-order chi connectivity index (χ0) is 38.6. The second kappa shape index (κ2) is 51.2. The van der Waals surface area contributed by atoms with E-state index in [1.807, 2.05) is 7.05 Å². The number of rotatable bonds is 42. The van der Waals surface area contributed by atoms with Gasteiger partial charge in [0.2, 0.25) is 0 Å². The van der Waals surface area contributed by atoms with Crippen molar-refractivity contribution >= 4 is 5.78 Å². The number of hydrogen-bond acceptors (Lipinski definition) is 3. The topological polar surface area (TPSA) is 32.3 Å². The molecule has 314 valence electrons. The molecule has 1 N–H and O–H groups in total. The Balaban J connectivity index is -0.00000123. The van der Waals surface area contributed by atoms with Crippen molar-refractivity contribution in [2.24, 2.45) is 11.8 Å². The normalized spacial score (nSPS) is 12.4. The van der Waals surface area contributed by atoms with Crippen molar-refractivity contribution in [2.45, 2.75) is 265 Å². The first-order valence-electron chi connectivity index (χ1n) is 24.0. The maximum Gasteiger partial charge on any atom is 1.00 e. The Morgan fingerprint density at radius 1 is 0.472 bits per heavy atom. The van der Waals surface area contributed by atoms with Gasteiger partial charge < -0.3 is 13.8 Å². The molecule has 0 aliphatic heterocycles. The number of hydrogen-bond donors (Lipinski definition) is 1. The molecule has 2 unspecified atom stereocenters. The van der Waals surface area contributed by atoms with Crippen LogP contribution in [-0.4, -0.2) is 30.9 Å². The van der Waals surface area contributed by atoms with Gasteiger partial charge in [0.05, 0.1) is 0 Å². The Hall–Kier alpha value is 1.23. The molecular formula is C49H100KN2O-. The zero-order valence-corrected chi connectivity index (χ0v) is 41.1. The quantitative estimate of drug-likeness (QED) is 0.0290. The molecule has 2 atom stereocenters. The summed E-state index contributed by atoms with van der Waals surface area (Å²) in [5.41, 5.74) is 3.35. The Morgan fingerprint density at radius 2 is 0.830 bits per heavy atom. The van der Waals surface area contributed by atoms with E-state index in [1.54, 1.807) is 0 Å². The molecule has 0 rings (SSSR count). The second-order valence-corrected chi connectivity index (χ2v) is 16.6. The molecular weight excluding hydrogens is 672 g/mol. The minimum atomic E-state index is 0. The molecule has 0 saturated carbocycles. The monoisotopic (exact) mass is 772 g/mol. The molecule has 0 aromatic rings. The number of nitrogens with one attached hydrogen (secondary N) is 1. The van der Waals surface area contributed by atoms with Crippen molar-refractivity contribution in [3.8, 4) is 0 Å². The van der Waals surface area contributed by atoms with E-state index in [0.717, 1.165) is 57.0 Å². The molecule has 4 heteroatoms. The first-order valence-corrected chi connectivity index (χ1v) is 24.0. The summed E-state index contributed by atoms with van der Waals surface area (Å²) in [5.74, 6) is 2.04. The van der Waals surface area contributed by atoms with Gasteiger partial charge in [-0.15, -0.1) is 0 Å². The molecule has 0 amide bonds. The summed E-state index contributed by atoms with van der Waals surface area (Å²) in [6.45, 7) is 19.6. The summed E-state index contributed by atoms with van der Waals surface area (Å²) < 4.78 is 0. The number of hydrazine groups is 1. The van der Waals surface area contributed by atoms with Crippen LogP contribution < -0.4 is 56.8 Å². The van der Waals surface area contributed by atoms with Crippen molar-refractivity contribution in [1.29, 1.82) is 0 Å². The van der Waals surface area contributed by atoms with Crippen LogP contribution in [0.3, 0.4) is 0 Å². The number of carbonyl (C=O) groups is 1. The van der Waals surface area contributed by atoms with Crippen molar-refractivity contribution < 1.29 is 56.2 Å². The fourth-order valence-corrected chi connectivity index (χ4v) is 7.54. The van der Waals surface area contributed by atoms with Crippen LogP contribution in [0.2, 0.25) is 0 Å². The summed E-state index contributed by atoms with van der Waals surface area (Å²) in [6, 6.07) is 0. The standard InChI is InChI=1S/C33H67N2O.C16H33.K/c1-5-8-11-14-16-21-26-32(25-20-13-10-7-3)28-29-33(36)27-22-17-15-19-24-31-35(34-4)30-23-18-12-9-6-2;1-4-6-8-10-11-13-15-16(3)14-12-9-7-5-2;/h32,34H,2,5-31H2,1,3-4H3;16H,3-15H2,1-2H3;/q2*-1;+1. The molecule has 3 nitrogen and oxygen atoms in total. The summed E-state index contributed by atoms with van der Waals surface area (Å²) in [4.78, 5) is 12.5. The fourth-order valence-electron chi connectivity index (χ4n) is 7.54. The maximum atomic E-state index is 12.5. The van der Waals surface area contributed by atoms with Crippen LogP contribution in [0.25, 0.3) is 0 Å². The number of ketones is 1. The summed E-state index contributed by atoms with van der Waals surface area (Å²) in [7, 11) is 2.05. The van der Waals surface area contributed by atoms with E-state index >= 15 is 0 Å². The van der Waals surface area contributed by atoms with Gasteiger partial charge in [0.1, 0.15) is 5.78 Å². The second-order valence-electron chi connectivity index (χ2n) is 16.6. The van der Waals surface area contributed by atoms with Gasteiger partial charge in [0.25, 0.3) is 0 Å². The van der Waals surface area contributed by atoms with Crippen molar-refractivity contribution in [3.63, 3.8) is 0 Å². The average Bonchev–Trinajstić information content (AvgIpc) is 3.15. The van der Waals surface area contributed by atoms with Crippen LogP contribution in [0.5, 0.6) is 0 Å². The van der Waals surface area contributed by atoms with Gasteiger partial charge in [0, 0.05) is 25.9 Å². The van der Waals surface area contributed by atoms with Gasteiger partial charge >= 0.3 is 51.4 Å². The van der Waals surface area contributed by atoms with Gasteiger partial charge in [0.15, 0.2) is 0 Å². The summed E-state index contributed by atoms with van der Waals surface area (Å²) in [5, 5.41) is 2.37. The van der Waals surface area contributed by atoms with E-state index in [9.17, 15) is 4.79 Å². The van der Waals surface area contributed by atoms with E-state index in [4.69, 9.17) is 0 Å². The number of nitrogens with zero attached hydrogens (tertiary/aromatic N) is 1. The molecule has 0 heterocycles. The van der Waals surface area contributed by atoms with E-state index in [2.05, 4.69) is 52.0 Å². The smallest absolute Gasteiger partial charge is 0.343 e. The van der Waals surface area contributed by atoms with Crippen LogP contribution in [0, 0.1) is 25.7 Å². The molecule has 0 aromatic heterocycles. The van der Waals surface area contributed by atoms with Crippen LogP contribution in [0.15, 0.2) is 0 Å². The van der Waals surface area contributed by atoms with Crippen molar-refractivity contribution in [2.75, 3.05) is 20.1 Å². The van der Waals surface area contributed by atoms with Crippen LogP contribution in [0.1, 0.15) is 265 Å². The molecule has 0 fully saturated rings. The molecule has 0 bridgehead atoms. The SMILES string of the molecule is [CH2-]C(CCCCCC)CCCCCCCC.[CH2-]CCCCCCN(CCCCCCCC(=O)CCC(CCCCCC)CCCCCCCC)NC.[K+]. The van der Waals surface area contributed by atoms with Gasteiger partial charge in [-0.05, 0) is 38.6 Å². The predicted octanol–water partition coefficient (Wildman–Crippen LogP) is 13.4. The molecule has 0 aliphatic rings. The van der Waals surface area contributed by atoms with Gasteiger partial charge in [-0.25, -0.2) is 5.01 Å². The Labute approximate surface area is 380 Å². The van der Waals surface area contributed by atoms with E-state index in [1.165, 1.54) is 205 Å². The minimum absolute atomic E-state index is 0. The Bertz CT molecular complexity index is 658. The number of carbonyl (C=O) groups excluding carboxylic acids is 1. The molecule has 0 radical (unpaired) electrons. The van der Waals surface area contributed by atoms with E-state index in [-0.39, 0.29) is 51.4 Å². The fraction of sp³-hybridized carbons (Fsp3) is 0.939. The van der Waals surface area contributed by atoms with Crippen molar-refractivity contribution in [1.82, 2.24) is 10.4 Å². The van der Waals surface area contributed by atoms with Crippen LogP contribution in [0.4, 0.5) is 0 Å². The first-order chi connectivity index (χ1) is 25.5. The third-order valence-electron chi connectivity index (χ3n) is 11.3. The average molecular weight is 772 g/mol. The molecule has 0 aliphatic carbocycles. The summed E-state index contributed by atoms with van der Waals surface area (Å²) >= 11 is 0. The molecule has 0 aromatic carbocycles. The number of unbranched alkanes of at least 4 members (excludes halogenated alkanes) is 24. The third-order valence-corrected chi connectivity index (χ3v) is 11.3. The van der Waals surface area contributed by atoms with E-state index < -0.39 is 0 Å². The van der Waals surface area contributed by atoms with Gasteiger partial charge in [-0.3, -0.25) is 10.2 Å². The van der Waals surface area contributed by atoms with Crippen LogP contribution in [-0.2, 0) is 4.79 Å². The summed E-state index contributed by atoms with van der Waals surface area (Å²) in [6.07, 6.45) is 48.4. The largest absolute Gasteiger partial charge is 1.00 e. The molecule has 0 saturated heterocycles. The van der Waals surface area contributed by atoms with Gasteiger partial charge in [-0.1, -0.05) is 220 Å². The minimum Gasteiger partial charge on any atom is -0.343 e. The third kappa shape index (κ3) is 49.3. The Morgan fingerprint density at radius 3 is 1.26 bits per heavy atom. The van der Waals surface area contributed by atoms with Gasteiger partial charge in [-0.2, -0.15) is 12.3 Å². The maximum absolute atomic E-state index is 12.5. The van der Waals surface area contributed by atoms with Crippen LogP contribution >= 0.6 is 0 Å². The first kappa shape index (κ1) is 58.5. The van der Waals surface area contributed by atoms with E-state index in [0.29, 0.717) is 5.78 Å². The van der Waals surface area contributed by atoms with Crippen molar-refractivity contribution in [3.05, 3.63) is 13.8 Å². The Kier molecular flexibility index (Phi) is 56.6. The zero-order valence-electron chi connectivity index (χ0n) is 38.0. The predicted molar refractivity (Wildman–Crippen MR) is 237 cm³/mol. The number of Topliss-reactive ketones (excluding diaryl/α,β-unsaturated/α-hetero) is 1. The molecule has 53 heavy (non-hydrogen) atoms. The molecule has 0 spiro atoms.